The molecule has 0 radical (unpaired) electrons. The normalized spacial score (nSPS) is 36.4. The predicted molar refractivity (Wildman–Crippen MR) is 67.4 cm³/mol. The zero-order valence-electron chi connectivity index (χ0n) is 10.1. The van der Waals surface area contributed by atoms with Crippen LogP contribution in [-0.4, -0.2) is 5.38 Å². The molecule has 0 aromatic rings. The fourth-order valence-corrected chi connectivity index (χ4v) is 4.00. The first-order valence-corrected chi connectivity index (χ1v) is 7.27. The largest absolute Gasteiger partial charge is 0.123 e. The summed E-state index contributed by atoms with van der Waals surface area (Å²) in [6, 6.07) is 0. The summed E-state index contributed by atoms with van der Waals surface area (Å²) in [5.41, 5.74) is 0.641. The van der Waals surface area contributed by atoms with Crippen LogP contribution in [0, 0.1) is 11.3 Å². The van der Waals surface area contributed by atoms with Crippen molar-refractivity contribution in [2.75, 3.05) is 0 Å². The van der Waals surface area contributed by atoms with E-state index in [4.69, 9.17) is 11.6 Å². The molecule has 2 saturated carbocycles. The van der Waals surface area contributed by atoms with Crippen LogP contribution >= 0.6 is 11.6 Å². The number of alkyl halides is 1. The summed E-state index contributed by atoms with van der Waals surface area (Å²) >= 11 is 6.53. The van der Waals surface area contributed by atoms with Crippen LogP contribution in [0.25, 0.3) is 0 Å². The SMILES string of the molecule is CC1(CC2CCCCCC2Cl)CCCC1. The minimum atomic E-state index is 0.477. The standard InChI is InChI=1S/C14H25Cl/c1-14(9-5-6-10-14)11-12-7-3-2-4-8-13(12)15/h12-13H,2-11H2,1H3. The van der Waals surface area contributed by atoms with Crippen LogP contribution in [0.3, 0.4) is 0 Å². The van der Waals surface area contributed by atoms with Crippen molar-refractivity contribution in [1.29, 1.82) is 0 Å². The quantitative estimate of drug-likeness (QED) is 0.453. The van der Waals surface area contributed by atoms with Gasteiger partial charge in [-0.3, -0.25) is 0 Å². The van der Waals surface area contributed by atoms with Gasteiger partial charge in [-0.05, 0) is 43.4 Å². The Morgan fingerprint density at radius 1 is 1.00 bits per heavy atom. The van der Waals surface area contributed by atoms with Gasteiger partial charge in [0.1, 0.15) is 0 Å². The predicted octanol–water partition coefficient (Wildman–Crippen LogP) is 5.14. The molecule has 2 unspecified atom stereocenters. The summed E-state index contributed by atoms with van der Waals surface area (Å²) < 4.78 is 0. The molecule has 2 fully saturated rings. The van der Waals surface area contributed by atoms with Gasteiger partial charge in [0.2, 0.25) is 0 Å². The molecule has 0 bridgehead atoms. The summed E-state index contributed by atoms with van der Waals surface area (Å²) in [4.78, 5) is 0. The lowest BCUT2D eigenvalue weighted by Gasteiger charge is -2.31. The number of halogens is 1. The zero-order valence-corrected chi connectivity index (χ0v) is 10.9. The van der Waals surface area contributed by atoms with Crippen molar-refractivity contribution in [3.05, 3.63) is 0 Å². The Morgan fingerprint density at radius 2 is 1.67 bits per heavy atom. The van der Waals surface area contributed by atoms with E-state index in [1.54, 1.807) is 0 Å². The van der Waals surface area contributed by atoms with Crippen LogP contribution in [-0.2, 0) is 0 Å². The molecule has 1 heteroatoms. The molecule has 88 valence electrons. The molecule has 2 aliphatic carbocycles. The number of rotatable bonds is 2. The Morgan fingerprint density at radius 3 is 2.40 bits per heavy atom. The third kappa shape index (κ3) is 3.12. The van der Waals surface area contributed by atoms with Gasteiger partial charge in [0.25, 0.3) is 0 Å². The number of hydrogen-bond acceptors (Lipinski definition) is 0. The summed E-state index contributed by atoms with van der Waals surface area (Å²) in [5.74, 6) is 0.817. The van der Waals surface area contributed by atoms with E-state index in [9.17, 15) is 0 Å². The lowest BCUT2D eigenvalue weighted by atomic mass is 9.77. The van der Waals surface area contributed by atoms with Crippen LogP contribution in [0.5, 0.6) is 0 Å². The highest BCUT2D eigenvalue weighted by Crippen LogP contribution is 2.45. The highest BCUT2D eigenvalue weighted by atomic mass is 35.5. The molecule has 0 N–H and O–H groups in total. The Balaban J connectivity index is 1.90. The van der Waals surface area contributed by atoms with E-state index in [1.807, 2.05) is 0 Å². The molecule has 0 aliphatic heterocycles. The van der Waals surface area contributed by atoms with Gasteiger partial charge in [-0.2, -0.15) is 0 Å². The first kappa shape index (κ1) is 11.8. The van der Waals surface area contributed by atoms with Gasteiger partial charge >= 0.3 is 0 Å². The van der Waals surface area contributed by atoms with E-state index in [0.29, 0.717) is 10.8 Å². The molecule has 0 nitrogen and oxygen atoms in total. The third-order valence-corrected chi connectivity index (χ3v) is 5.21. The van der Waals surface area contributed by atoms with Gasteiger partial charge in [-0.15, -0.1) is 11.6 Å². The molecule has 2 aliphatic rings. The Labute approximate surface area is 99.8 Å². The maximum absolute atomic E-state index is 6.53. The summed E-state index contributed by atoms with van der Waals surface area (Å²) in [5, 5.41) is 0.477. The minimum Gasteiger partial charge on any atom is -0.123 e. The Kier molecular flexibility index (Phi) is 3.98. The Hall–Kier alpha value is 0.290. The lowest BCUT2D eigenvalue weighted by molar-refractivity contribution is 0.233. The third-order valence-electron chi connectivity index (χ3n) is 4.63. The van der Waals surface area contributed by atoms with Gasteiger partial charge in [0, 0.05) is 5.38 Å². The van der Waals surface area contributed by atoms with Crippen LogP contribution in [0.15, 0.2) is 0 Å². The van der Waals surface area contributed by atoms with Crippen molar-refractivity contribution >= 4 is 11.6 Å². The van der Waals surface area contributed by atoms with Crippen molar-refractivity contribution in [2.45, 2.75) is 76.5 Å². The van der Waals surface area contributed by atoms with Crippen LogP contribution in [0.2, 0.25) is 0 Å². The smallest absolute Gasteiger partial charge is 0.0364 e. The monoisotopic (exact) mass is 228 g/mol. The summed E-state index contributed by atoms with van der Waals surface area (Å²) in [7, 11) is 0. The second-order valence-corrected chi connectivity index (χ2v) is 6.70. The van der Waals surface area contributed by atoms with Gasteiger partial charge < -0.3 is 0 Å². The molecular formula is C14H25Cl. The molecular weight excluding hydrogens is 204 g/mol. The average Bonchev–Trinajstić information content (AvgIpc) is 2.53. The highest BCUT2D eigenvalue weighted by Gasteiger charge is 2.34. The lowest BCUT2D eigenvalue weighted by Crippen LogP contribution is -2.22. The van der Waals surface area contributed by atoms with Gasteiger partial charge in [0.15, 0.2) is 0 Å². The molecule has 2 rings (SSSR count). The minimum absolute atomic E-state index is 0.477. The average molecular weight is 229 g/mol. The van der Waals surface area contributed by atoms with Gasteiger partial charge in [-0.25, -0.2) is 0 Å². The first-order valence-electron chi connectivity index (χ1n) is 6.84. The van der Waals surface area contributed by atoms with E-state index in [0.717, 1.165) is 5.92 Å². The summed E-state index contributed by atoms with van der Waals surface area (Å²) in [6.45, 7) is 2.49. The van der Waals surface area contributed by atoms with Gasteiger partial charge in [-0.1, -0.05) is 39.0 Å². The summed E-state index contributed by atoms with van der Waals surface area (Å²) in [6.07, 6.45) is 14.1. The van der Waals surface area contributed by atoms with Crippen molar-refractivity contribution in [3.63, 3.8) is 0 Å². The number of hydrogen-bond donors (Lipinski definition) is 0. The van der Waals surface area contributed by atoms with E-state index < -0.39 is 0 Å². The fourth-order valence-electron chi connectivity index (χ4n) is 3.63. The molecule has 0 heterocycles. The molecule has 0 aromatic heterocycles. The Bertz CT molecular complexity index is 194. The van der Waals surface area contributed by atoms with Crippen molar-refractivity contribution < 1.29 is 0 Å². The maximum Gasteiger partial charge on any atom is 0.0364 e. The molecule has 2 atom stereocenters. The highest BCUT2D eigenvalue weighted by molar-refractivity contribution is 6.20. The fraction of sp³-hybridized carbons (Fsp3) is 1.00. The van der Waals surface area contributed by atoms with Crippen molar-refractivity contribution in [1.82, 2.24) is 0 Å². The first-order chi connectivity index (χ1) is 7.20. The molecule has 0 spiro atoms. The van der Waals surface area contributed by atoms with Crippen molar-refractivity contribution in [2.24, 2.45) is 11.3 Å². The van der Waals surface area contributed by atoms with Crippen LogP contribution < -0.4 is 0 Å². The second kappa shape index (κ2) is 5.08. The van der Waals surface area contributed by atoms with Crippen molar-refractivity contribution in [3.8, 4) is 0 Å². The van der Waals surface area contributed by atoms with E-state index in [-0.39, 0.29) is 0 Å². The topological polar surface area (TPSA) is 0 Å². The van der Waals surface area contributed by atoms with Crippen LogP contribution in [0.1, 0.15) is 71.1 Å². The van der Waals surface area contributed by atoms with Gasteiger partial charge in [0.05, 0.1) is 0 Å². The van der Waals surface area contributed by atoms with Crippen LogP contribution in [0.4, 0.5) is 0 Å². The van der Waals surface area contributed by atoms with E-state index >= 15 is 0 Å². The van der Waals surface area contributed by atoms with E-state index in [1.165, 1.54) is 64.2 Å². The molecule has 0 saturated heterocycles. The molecule has 15 heavy (non-hydrogen) atoms. The second-order valence-electron chi connectivity index (χ2n) is 6.14. The zero-order chi connectivity index (χ0) is 10.7. The maximum atomic E-state index is 6.53. The van der Waals surface area contributed by atoms with E-state index in [2.05, 4.69) is 6.92 Å². The molecule has 0 aromatic carbocycles. The molecule has 0 amide bonds.